The van der Waals surface area contributed by atoms with E-state index in [0.29, 0.717) is 0 Å². The molecule has 0 radical (unpaired) electrons. The standard InChI is InChI=1S/C68H46N2O/c1-2-17-46(18-3-1)57-22-8-12-29-64(57)69-65-30-13-9-25-61(65)60-24-7-6-21-55(60)48-35-40-52(41-36-48)70(53-42-37-49(38-43-53)59-27-16-28-63-62-26-11-15-32-67(62)71-68(59)63)66-31-14-10-23-58(66)51-39-44-56-50(45-51)34-33-47-19-4-5-20-54(47)56/h1-45,69H. The molecule has 13 rings (SSSR count). The molecule has 1 aromatic heterocycles. The van der Waals surface area contributed by atoms with Crippen LogP contribution in [0.3, 0.4) is 0 Å². The van der Waals surface area contributed by atoms with Crippen LogP contribution in [0.25, 0.3) is 99.1 Å². The molecule has 0 bridgehead atoms. The van der Waals surface area contributed by atoms with Crippen molar-refractivity contribution in [2.45, 2.75) is 0 Å². The minimum atomic E-state index is 0.896. The highest BCUT2D eigenvalue weighted by atomic mass is 16.3. The monoisotopic (exact) mass is 906 g/mol. The van der Waals surface area contributed by atoms with Gasteiger partial charge in [0.25, 0.3) is 0 Å². The summed E-state index contributed by atoms with van der Waals surface area (Å²) in [5.74, 6) is 0. The van der Waals surface area contributed by atoms with E-state index in [0.717, 1.165) is 100 Å². The summed E-state index contributed by atoms with van der Waals surface area (Å²) < 4.78 is 6.50. The Kier molecular flexibility index (Phi) is 10.5. The SMILES string of the molecule is c1ccc(-c2ccccc2Nc2ccccc2-c2ccccc2-c2ccc(N(c3ccc(-c4cccc5c4oc4ccccc45)cc3)c3ccccc3-c3ccc4c(ccc5ccccc54)c3)cc2)cc1. The first-order valence-electron chi connectivity index (χ1n) is 24.2. The third kappa shape index (κ3) is 7.67. The lowest BCUT2D eigenvalue weighted by Crippen LogP contribution is -2.11. The summed E-state index contributed by atoms with van der Waals surface area (Å²) in [6.45, 7) is 0. The van der Waals surface area contributed by atoms with Crippen LogP contribution in [0.5, 0.6) is 0 Å². The Labute approximate surface area is 413 Å². The predicted molar refractivity (Wildman–Crippen MR) is 300 cm³/mol. The van der Waals surface area contributed by atoms with E-state index in [2.05, 4.69) is 271 Å². The normalized spacial score (nSPS) is 11.4. The van der Waals surface area contributed by atoms with Crippen LogP contribution >= 0.6 is 0 Å². The van der Waals surface area contributed by atoms with E-state index in [-0.39, 0.29) is 0 Å². The number of nitrogens with zero attached hydrogens (tertiary/aromatic N) is 1. The second-order valence-electron chi connectivity index (χ2n) is 18.1. The number of hydrogen-bond donors (Lipinski definition) is 1. The largest absolute Gasteiger partial charge is 0.455 e. The van der Waals surface area contributed by atoms with E-state index in [1.807, 2.05) is 12.1 Å². The van der Waals surface area contributed by atoms with Gasteiger partial charge in [0, 0.05) is 55.8 Å². The van der Waals surface area contributed by atoms with Crippen LogP contribution in [0.1, 0.15) is 0 Å². The molecule has 1 N–H and O–H groups in total. The van der Waals surface area contributed by atoms with E-state index in [1.165, 1.54) is 27.1 Å². The average molecular weight is 907 g/mol. The molecule has 0 aliphatic heterocycles. The number of rotatable bonds is 10. The highest BCUT2D eigenvalue weighted by Gasteiger charge is 2.20. The number of hydrogen-bond acceptors (Lipinski definition) is 3. The van der Waals surface area contributed by atoms with Crippen molar-refractivity contribution in [2.75, 3.05) is 10.2 Å². The van der Waals surface area contributed by atoms with Crippen molar-refractivity contribution in [3.63, 3.8) is 0 Å². The molecule has 0 unspecified atom stereocenters. The molecule has 334 valence electrons. The van der Waals surface area contributed by atoms with E-state index in [1.54, 1.807) is 0 Å². The fourth-order valence-electron chi connectivity index (χ4n) is 10.5. The van der Waals surface area contributed by atoms with Crippen LogP contribution in [-0.2, 0) is 0 Å². The summed E-state index contributed by atoms with van der Waals surface area (Å²) in [7, 11) is 0. The second kappa shape index (κ2) is 17.9. The molecule has 0 atom stereocenters. The number of nitrogens with one attached hydrogen (secondary N) is 1. The Balaban J connectivity index is 0.906. The third-order valence-electron chi connectivity index (χ3n) is 13.9. The molecule has 0 saturated heterocycles. The lowest BCUT2D eigenvalue weighted by Gasteiger charge is -2.28. The zero-order valence-corrected chi connectivity index (χ0v) is 38.8. The van der Waals surface area contributed by atoms with Gasteiger partial charge in [0.15, 0.2) is 0 Å². The minimum Gasteiger partial charge on any atom is -0.455 e. The quantitative estimate of drug-likeness (QED) is 0.139. The van der Waals surface area contributed by atoms with Crippen molar-refractivity contribution >= 4 is 71.9 Å². The van der Waals surface area contributed by atoms with E-state index in [4.69, 9.17) is 4.42 Å². The maximum atomic E-state index is 6.50. The van der Waals surface area contributed by atoms with Crippen molar-refractivity contribution < 1.29 is 4.42 Å². The first kappa shape index (κ1) is 41.7. The third-order valence-corrected chi connectivity index (χ3v) is 13.9. The van der Waals surface area contributed by atoms with Gasteiger partial charge in [-0.3, -0.25) is 0 Å². The van der Waals surface area contributed by atoms with Gasteiger partial charge in [0.05, 0.1) is 5.69 Å². The van der Waals surface area contributed by atoms with E-state index in [9.17, 15) is 0 Å². The Bertz CT molecular complexity index is 4080. The first-order chi connectivity index (χ1) is 35.2. The average Bonchev–Trinajstić information content (AvgIpc) is 3.83. The summed E-state index contributed by atoms with van der Waals surface area (Å²) in [6, 6.07) is 97.9. The van der Waals surface area contributed by atoms with Crippen LogP contribution in [0, 0.1) is 0 Å². The lowest BCUT2D eigenvalue weighted by atomic mass is 9.93. The van der Waals surface area contributed by atoms with Gasteiger partial charge in [-0.1, -0.05) is 218 Å². The zero-order chi connectivity index (χ0) is 47.1. The summed E-state index contributed by atoms with van der Waals surface area (Å²) in [5, 5.41) is 11.1. The van der Waals surface area contributed by atoms with Gasteiger partial charge in [0.1, 0.15) is 11.2 Å². The van der Waals surface area contributed by atoms with Crippen molar-refractivity contribution in [1.29, 1.82) is 0 Å². The molecule has 3 nitrogen and oxygen atoms in total. The van der Waals surface area contributed by atoms with Crippen LogP contribution in [0.4, 0.5) is 28.4 Å². The van der Waals surface area contributed by atoms with Crippen LogP contribution in [0.15, 0.2) is 277 Å². The Morgan fingerprint density at radius 1 is 0.282 bits per heavy atom. The lowest BCUT2D eigenvalue weighted by molar-refractivity contribution is 0.670. The van der Waals surface area contributed by atoms with Gasteiger partial charge in [-0.2, -0.15) is 0 Å². The van der Waals surface area contributed by atoms with Gasteiger partial charge in [-0.15, -0.1) is 0 Å². The highest BCUT2D eigenvalue weighted by molar-refractivity contribution is 6.10. The highest BCUT2D eigenvalue weighted by Crippen LogP contribution is 2.45. The van der Waals surface area contributed by atoms with E-state index < -0.39 is 0 Å². The molecule has 0 amide bonds. The van der Waals surface area contributed by atoms with Crippen LogP contribution in [-0.4, -0.2) is 0 Å². The summed E-state index contributed by atoms with van der Waals surface area (Å²) in [6.07, 6.45) is 0. The number of fused-ring (bicyclic) bond motifs is 6. The summed E-state index contributed by atoms with van der Waals surface area (Å²) >= 11 is 0. The molecule has 1 heterocycles. The smallest absolute Gasteiger partial charge is 0.143 e. The molecule has 0 spiro atoms. The van der Waals surface area contributed by atoms with Crippen LogP contribution in [0.2, 0.25) is 0 Å². The molecule has 0 fully saturated rings. The molecule has 0 saturated carbocycles. The second-order valence-corrected chi connectivity index (χ2v) is 18.1. The topological polar surface area (TPSA) is 28.4 Å². The molecule has 3 heteroatoms. The number of anilines is 5. The van der Waals surface area contributed by atoms with E-state index >= 15 is 0 Å². The Hall–Kier alpha value is -9.44. The van der Waals surface area contributed by atoms with Gasteiger partial charge < -0.3 is 14.6 Å². The summed E-state index contributed by atoms with van der Waals surface area (Å²) in [4.78, 5) is 2.39. The molecule has 0 aliphatic carbocycles. The fraction of sp³-hybridized carbons (Fsp3) is 0. The van der Waals surface area contributed by atoms with Gasteiger partial charge >= 0.3 is 0 Å². The van der Waals surface area contributed by atoms with Crippen molar-refractivity contribution in [1.82, 2.24) is 0 Å². The number of benzene rings is 12. The first-order valence-corrected chi connectivity index (χ1v) is 24.2. The Morgan fingerprint density at radius 3 is 1.56 bits per heavy atom. The predicted octanol–water partition coefficient (Wildman–Crippen LogP) is 19.4. The maximum absolute atomic E-state index is 6.50. The molecule has 13 aromatic rings. The van der Waals surface area contributed by atoms with Crippen molar-refractivity contribution in [2.24, 2.45) is 0 Å². The maximum Gasteiger partial charge on any atom is 0.143 e. The number of para-hydroxylation sites is 5. The molecule has 0 aliphatic rings. The van der Waals surface area contributed by atoms with Gasteiger partial charge in [0.2, 0.25) is 0 Å². The molecular formula is C68H46N2O. The minimum absolute atomic E-state index is 0.896. The molecular weight excluding hydrogens is 861 g/mol. The zero-order valence-electron chi connectivity index (χ0n) is 38.8. The van der Waals surface area contributed by atoms with Crippen molar-refractivity contribution in [3.05, 3.63) is 273 Å². The van der Waals surface area contributed by atoms with Gasteiger partial charge in [-0.25, -0.2) is 0 Å². The Morgan fingerprint density at radius 2 is 0.789 bits per heavy atom. The summed E-state index contributed by atoms with van der Waals surface area (Å²) in [5.41, 5.74) is 18.5. The van der Waals surface area contributed by atoms with Crippen molar-refractivity contribution in [3.8, 4) is 55.6 Å². The number of furan rings is 1. The van der Waals surface area contributed by atoms with Gasteiger partial charge in [-0.05, 0) is 110 Å². The molecule has 12 aromatic carbocycles. The molecule has 71 heavy (non-hydrogen) atoms. The van der Waals surface area contributed by atoms with Crippen LogP contribution < -0.4 is 10.2 Å². The fourth-order valence-corrected chi connectivity index (χ4v) is 10.5.